The van der Waals surface area contributed by atoms with E-state index in [2.05, 4.69) is 457 Å². The molecule has 0 spiro atoms. The summed E-state index contributed by atoms with van der Waals surface area (Å²) in [6.07, 6.45) is 0. The SMILES string of the molecule is CC1(C)c2ccccc2-c2ccc(N(c3ccccc3)c3ccc(-c4ccc(-n5c6cc(-c7ccccc7)cc7c6c6c8c(cccc8ccc65)-c5ccccc5-7)cc4)cc3)cc21.c1ccc(-c2cc3c4c5c6c(cccc6ccc5n(-c5ccc(-c6ccc(N(c7ccccc7)c7ccccc7)cc6)cc5)c4c2)-c2ccccc2-3)cc1. The van der Waals surface area contributed by atoms with Crippen molar-refractivity contribution >= 4 is 99.3 Å². The van der Waals surface area contributed by atoms with E-state index in [9.17, 15) is 0 Å². The van der Waals surface area contributed by atoms with Gasteiger partial charge in [-0.2, -0.15) is 0 Å². The molecule has 3 aliphatic rings. The Bertz CT molecular complexity index is 7470. The first kappa shape index (κ1) is 67.6. The lowest BCUT2D eigenvalue weighted by Crippen LogP contribution is -2.16. The van der Waals surface area contributed by atoms with Gasteiger partial charge in [-0.1, -0.05) is 305 Å². The van der Waals surface area contributed by atoms with Gasteiger partial charge in [-0.25, -0.2) is 0 Å². The zero-order valence-electron chi connectivity index (χ0n) is 64.7. The minimum absolute atomic E-state index is 0.0797. The second-order valence-electron chi connectivity index (χ2n) is 31.8. The van der Waals surface area contributed by atoms with Crippen LogP contribution >= 0.6 is 0 Å². The molecule has 24 rings (SSSR count). The molecule has 0 aliphatic heterocycles. The van der Waals surface area contributed by atoms with Gasteiger partial charge in [-0.15, -0.1) is 0 Å². The number of rotatable bonds is 12. The van der Waals surface area contributed by atoms with Crippen molar-refractivity contribution in [1.82, 2.24) is 9.13 Å². The van der Waals surface area contributed by atoms with E-state index in [-0.39, 0.29) is 5.41 Å². The van der Waals surface area contributed by atoms with Crippen LogP contribution < -0.4 is 9.80 Å². The third kappa shape index (κ3) is 10.9. The highest BCUT2D eigenvalue weighted by Gasteiger charge is 2.36. The first-order valence-corrected chi connectivity index (χ1v) is 40.6. The van der Waals surface area contributed by atoms with E-state index in [4.69, 9.17) is 0 Å². The van der Waals surface area contributed by atoms with Crippen molar-refractivity contribution < 1.29 is 0 Å². The summed E-state index contributed by atoms with van der Waals surface area (Å²) in [6.45, 7) is 4.70. The Morgan fingerprint density at radius 3 is 0.915 bits per heavy atom. The van der Waals surface area contributed by atoms with Crippen LogP contribution in [0.15, 0.2) is 425 Å². The Morgan fingerprint density at radius 1 is 0.179 bits per heavy atom. The van der Waals surface area contributed by atoms with Crippen LogP contribution in [0.25, 0.3) is 177 Å². The first-order chi connectivity index (χ1) is 57.8. The molecule has 0 amide bonds. The largest absolute Gasteiger partial charge is 0.311 e. The summed E-state index contributed by atoms with van der Waals surface area (Å²) in [6, 6.07) is 156. The number of para-hydroxylation sites is 3. The molecular formula is C113H76N4. The minimum Gasteiger partial charge on any atom is -0.311 e. The van der Waals surface area contributed by atoms with Crippen molar-refractivity contribution in [3.63, 3.8) is 0 Å². The smallest absolute Gasteiger partial charge is 0.0553 e. The molecule has 3 aliphatic carbocycles. The molecule has 2 heterocycles. The molecule has 0 fully saturated rings. The summed E-state index contributed by atoms with van der Waals surface area (Å²) in [5, 5.41) is 10.5. The fourth-order valence-electron chi connectivity index (χ4n) is 19.6. The first-order valence-electron chi connectivity index (χ1n) is 40.6. The average Bonchev–Trinajstić information content (AvgIpc) is 1.54. The van der Waals surface area contributed by atoms with Gasteiger partial charge >= 0.3 is 0 Å². The van der Waals surface area contributed by atoms with Gasteiger partial charge in [0.05, 0.1) is 22.1 Å². The maximum atomic E-state index is 2.49. The van der Waals surface area contributed by atoms with Gasteiger partial charge in [0.1, 0.15) is 0 Å². The highest BCUT2D eigenvalue weighted by atomic mass is 15.1. The number of nitrogens with zero attached hydrogens (tertiary/aromatic N) is 4. The van der Waals surface area contributed by atoms with Crippen LogP contribution in [0.2, 0.25) is 0 Å². The van der Waals surface area contributed by atoms with Crippen molar-refractivity contribution in [3.8, 4) is 112 Å². The van der Waals surface area contributed by atoms with Crippen LogP contribution in [0.4, 0.5) is 34.1 Å². The lowest BCUT2D eigenvalue weighted by Gasteiger charge is -2.28. The van der Waals surface area contributed by atoms with Gasteiger partial charge in [0, 0.05) is 72.5 Å². The highest BCUT2D eigenvalue weighted by Crippen LogP contribution is 2.55. The van der Waals surface area contributed by atoms with E-state index in [1.54, 1.807) is 0 Å². The quantitative estimate of drug-likeness (QED) is 0.121. The summed E-state index contributed by atoms with van der Waals surface area (Å²) in [5.74, 6) is 0. The maximum absolute atomic E-state index is 2.49. The molecule has 117 heavy (non-hydrogen) atoms. The molecule has 21 aromatic rings. The number of anilines is 6. The summed E-state index contributed by atoms with van der Waals surface area (Å²) >= 11 is 0. The van der Waals surface area contributed by atoms with Crippen molar-refractivity contribution in [2.24, 2.45) is 0 Å². The standard InChI is InChI=1S/C61H42N2.C52H34N2/c1-61(2)54-23-12-11-21-50(54)51-34-33-47(38-55(51)61)62(44-17-7-4-8-18-44)45-29-24-40(25-30-45)41-26-31-46(32-27-41)63-56-35-28-42-16-13-22-52-48-19-9-10-20-49(48)53-36-43(39-14-5-3-6-15-39)37-57(63)59(53)60(56)58(42)52;1-4-13-35(14-5-1)39-33-47-45-21-11-10-20-44(45)46-22-12-15-38-27-32-48-52(50(38)46)51(47)49(34-39)54(48)43-30-25-37(26-31-43)36-23-28-42(29-24-36)53(40-16-6-2-7-17-40)41-18-8-3-9-19-41/h3-38H,1-2H3;1-34H. The Balaban J connectivity index is 0.000000139. The van der Waals surface area contributed by atoms with Crippen LogP contribution in [-0.4, -0.2) is 9.13 Å². The number of fused-ring (bicyclic) bond motifs is 9. The fourth-order valence-corrected chi connectivity index (χ4v) is 19.6. The van der Waals surface area contributed by atoms with Crippen molar-refractivity contribution in [3.05, 3.63) is 436 Å². The Kier molecular flexibility index (Phi) is 15.6. The second kappa shape index (κ2) is 27.1. The third-order valence-electron chi connectivity index (χ3n) is 25.0. The average molecular weight is 1490 g/mol. The lowest BCUT2D eigenvalue weighted by molar-refractivity contribution is 0.660. The number of aromatic nitrogens is 2. The van der Waals surface area contributed by atoms with E-state index < -0.39 is 0 Å². The molecule has 0 unspecified atom stereocenters. The summed E-state index contributed by atoms with van der Waals surface area (Å²) in [5.41, 5.74) is 39.2. The van der Waals surface area contributed by atoms with Crippen LogP contribution in [-0.2, 0) is 5.41 Å². The zero-order valence-corrected chi connectivity index (χ0v) is 64.7. The normalized spacial score (nSPS) is 12.4. The Hall–Kier alpha value is -15.1. The second-order valence-corrected chi connectivity index (χ2v) is 31.8. The molecule has 0 saturated carbocycles. The Morgan fingerprint density at radius 2 is 0.496 bits per heavy atom. The van der Waals surface area contributed by atoms with Gasteiger partial charge in [-0.05, 0) is 266 Å². The van der Waals surface area contributed by atoms with Gasteiger partial charge in [0.15, 0.2) is 0 Å². The van der Waals surface area contributed by atoms with Gasteiger partial charge in [0.2, 0.25) is 0 Å². The fraction of sp³-hybridized carbons (Fsp3) is 0.0265. The topological polar surface area (TPSA) is 16.3 Å². The van der Waals surface area contributed by atoms with Crippen molar-refractivity contribution in [1.29, 1.82) is 0 Å². The maximum Gasteiger partial charge on any atom is 0.0553 e. The molecule has 2 aromatic heterocycles. The van der Waals surface area contributed by atoms with Crippen molar-refractivity contribution in [2.45, 2.75) is 19.3 Å². The van der Waals surface area contributed by atoms with E-state index in [1.165, 1.54) is 176 Å². The van der Waals surface area contributed by atoms with Crippen LogP contribution in [0.1, 0.15) is 25.0 Å². The van der Waals surface area contributed by atoms with Crippen LogP contribution in [0.3, 0.4) is 0 Å². The molecule has 0 bridgehead atoms. The molecule has 548 valence electrons. The zero-order chi connectivity index (χ0) is 77.4. The molecule has 0 radical (unpaired) electrons. The summed E-state index contributed by atoms with van der Waals surface area (Å²) in [4.78, 5) is 4.68. The Labute approximate surface area is 680 Å². The van der Waals surface area contributed by atoms with Gasteiger partial charge < -0.3 is 18.9 Å². The molecule has 0 atom stereocenters. The molecule has 0 saturated heterocycles. The van der Waals surface area contributed by atoms with E-state index in [0.717, 1.165) is 45.5 Å². The van der Waals surface area contributed by atoms with Crippen LogP contribution in [0.5, 0.6) is 0 Å². The summed E-state index contributed by atoms with van der Waals surface area (Å²) in [7, 11) is 0. The summed E-state index contributed by atoms with van der Waals surface area (Å²) < 4.78 is 4.97. The van der Waals surface area contributed by atoms with E-state index in [0.29, 0.717) is 0 Å². The van der Waals surface area contributed by atoms with E-state index in [1.807, 2.05) is 0 Å². The number of hydrogen-bond acceptors (Lipinski definition) is 2. The predicted molar refractivity (Wildman–Crippen MR) is 494 cm³/mol. The van der Waals surface area contributed by atoms with Gasteiger partial charge in [-0.3, -0.25) is 0 Å². The lowest BCUT2D eigenvalue weighted by atomic mass is 9.82. The molecule has 19 aromatic carbocycles. The molecule has 0 N–H and O–H groups in total. The van der Waals surface area contributed by atoms with Gasteiger partial charge in [0.25, 0.3) is 0 Å². The number of hydrogen-bond donors (Lipinski definition) is 0. The van der Waals surface area contributed by atoms with E-state index >= 15 is 0 Å². The number of benzene rings is 19. The molecule has 4 heteroatoms. The molecular weight excluding hydrogens is 1410 g/mol. The van der Waals surface area contributed by atoms with Crippen LogP contribution in [0, 0.1) is 0 Å². The minimum atomic E-state index is -0.0797. The highest BCUT2D eigenvalue weighted by molar-refractivity contribution is 6.32. The van der Waals surface area contributed by atoms with Crippen molar-refractivity contribution in [2.75, 3.05) is 9.80 Å². The third-order valence-corrected chi connectivity index (χ3v) is 25.0. The monoisotopic (exact) mass is 1490 g/mol. The predicted octanol–water partition coefficient (Wildman–Crippen LogP) is 31.1. The molecule has 4 nitrogen and oxygen atoms in total.